The molecule has 0 fully saturated rings. The Labute approximate surface area is 168 Å². The third-order valence-electron chi connectivity index (χ3n) is 4.16. The highest BCUT2D eigenvalue weighted by Gasteiger charge is 2.15. The summed E-state index contributed by atoms with van der Waals surface area (Å²) in [5, 5.41) is 6.06. The number of benzene rings is 2. The molecule has 5 nitrogen and oxygen atoms in total. The standard InChI is InChI=1S/C22H21N3O2S/c1-14-9-10-19(15(2)12-14)28-22-18(8-5-11-24-22)21(27)25-17-7-4-6-16(13-17)20(26)23-3/h4-13H,1-3H3,(H,23,26)(H,25,27). The van der Waals surface area contributed by atoms with Crippen molar-refractivity contribution in [1.29, 1.82) is 0 Å². The van der Waals surface area contributed by atoms with E-state index in [0.29, 0.717) is 21.8 Å². The number of aryl methyl sites for hydroxylation is 2. The number of anilines is 1. The number of pyridine rings is 1. The van der Waals surface area contributed by atoms with E-state index < -0.39 is 0 Å². The van der Waals surface area contributed by atoms with Crippen LogP contribution < -0.4 is 10.6 Å². The van der Waals surface area contributed by atoms with Gasteiger partial charge in [0.05, 0.1) is 5.56 Å². The molecule has 2 amide bonds. The number of carbonyl (C=O) groups excluding carboxylic acids is 2. The third-order valence-corrected chi connectivity index (χ3v) is 5.36. The molecule has 0 aliphatic rings. The Morgan fingerprint density at radius 1 is 0.964 bits per heavy atom. The lowest BCUT2D eigenvalue weighted by Crippen LogP contribution is -2.18. The molecule has 0 unspecified atom stereocenters. The monoisotopic (exact) mass is 391 g/mol. The molecule has 2 aromatic carbocycles. The molecule has 0 saturated carbocycles. The molecule has 1 aromatic heterocycles. The van der Waals surface area contributed by atoms with Gasteiger partial charge in [-0.3, -0.25) is 9.59 Å². The van der Waals surface area contributed by atoms with Gasteiger partial charge in [-0.05, 0) is 55.8 Å². The molecule has 0 aliphatic heterocycles. The number of amides is 2. The Hall–Kier alpha value is -3.12. The first kappa shape index (κ1) is 19.6. The van der Waals surface area contributed by atoms with Gasteiger partial charge >= 0.3 is 0 Å². The van der Waals surface area contributed by atoms with Gasteiger partial charge in [0.1, 0.15) is 5.03 Å². The summed E-state index contributed by atoms with van der Waals surface area (Å²) in [6, 6.07) is 16.5. The van der Waals surface area contributed by atoms with Crippen molar-refractivity contribution in [3.8, 4) is 0 Å². The van der Waals surface area contributed by atoms with E-state index in [1.807, 2.05) is 26.0 Å². The maximum absolute atomic E-state index is 12.8. The minimum absolute atomic E-state index is 0.205. The lowest BCUT2D eigenvalue weighted by atomic mass is 10.2. The van der Waals surface area contributed by atoms with Crippen molar-refractivity contribution in [2.75, 3.05) is 12.4 Å². The molecule has 3 aromatic rings. The van der Waals surface area contributed by atoms with Gasteiger partial charge in [0.25, 0.3) is 11.8 Å². The van der Waals surface area contributed by atoms with E-state index in [2.05, 4.69) is 21.7 Å². The summed E-state index contributed by atoms with van der Waals surface area (Å²) in [6.07, 6.45) is 1.68. The molecular formula is C22H21N3O2S. The van der Waals surface area contributed by atoms with Crippen molar-refractivity contribution >= 4 is 29.3 Å². The van der Waals surface area contributed by atoms with Crippen LogP contribution >= 0.6 is 11.8 Å². The maximum atomic E-state index is 12.8. The quantitative estimate of drug-likeness (QED) is 0.674. The summed E-state index contributed by atoms with van der Waals surface area (Å²) < 4.78 is 0. The van der Waals surface area contributed by atoms with Crippen molar-refractivity contribution in [2.24, 2.45) is 0 Å². The fourth-order valence-corrected chi connectivity index (χ4v) is 3.69. The SMILES string of the molecule is CNC(=O)c1cccc(NC(=O)c2cccnc2Sc2ccc(C)cc2C)c1. The Morgan fingerprint density at radius 3 is 2.54 bits per heavy atom. The van der Waals surface area contributed by atoms with Crippen LogP contribution in [0.3, 0.4) is 0 Å². The molecule has 142 valence electrons. The molecule has 6 heteroatoms. The summed E-state index contributed by atoms with van der Waals surface area (Å²) in [4.78, 5) is 30.1. The fourth-order valence-electron chi connectivity index (χ4n) is 2.74. The molecule has 0 spiro atoms. The van der Waals surface area contributed by atoms with Gasteiger partial charge in [0, 0.05) is 29.4 Å². The first-order valence-corrected chi connectivity index (χ1v) is 9.63. The molecule has 28 heavy (non-hydrogen) atoms. The van der Waals surface area contributed by atoms with Crippen molar-refractivity contribution in [2.45, 2.75) is 23.8 Å². The first-order chi connectivity index (χ1) is 13.5. The second-order valence-electron chi connectivity index (χ2n) is 6.34. The van der Waals surface area contributed by atoms with E-state index in [4.69, 9.17) is 0 Å². The molecule has 0 saturated heterocycles. The average Bonchev–Trinajstić information content (AvgIpc) is 2.70. The minimum Gasteiger partial charge on any atom is -0.355 e. The van der Waals surface area contributed by atoms with Crippen LogP contribution in [0.15, 0.2) is 70.7 Å². The Kier molecular flexibility index (Phi) is 6.11. The number of aromatic nitrogens is 1. The maximum Gasteiger partial charge on any atom is 0.258 e. The highest BCUT2D eigenvalue weighted by Crippen LogP contribution is 2.31. The van der Waals surface area contributed by atoms with Gasteiger partial charge in [0.2, 0.25) is 0 Å². The normalized spacial score (nSPS) is 10.4. The predicted octanol–water partition coefficient (Wildman–Crippen LogP) is 4.46. The largest absolute Gasteiger partial charge is 0.355 e. The van der Waals surface area contributed by atoms with E-state index in [0.717, 1.165) is 10.5 Å². The summed E-state index contributed by atoms with van der Waals surface area (Å²) in [5.41, 5.74) is 3.85. The Balaban J connectivity index is 1.84. The number of nitrogens with zero attached hydrogens (tertiary/aromatic N) is 1. The zero-order valence-electron chi connectivity index (χ0n) is 15.9. The second kappa shape index (κ2) is 8.71. The first-order valence-electron chi connectivity index (χ1n) is 8.81. The topological polar surface area (TPSA) is 71.1 Å². The lowest BCUT2D eigenvalue weighted by molar-refractivity contribution is 0.0961. The number of nitrogens with one attached hydrogen (secondary N) is 2. The van der Waals surface area contributed by atoms with Crippen molar-refractivity contribution < 1.29 is 9.59 Å². The molecule has 0 radical (unpaired) electrons. The van der Waals surface area contributed by atoms with Gasteiger partial charge in [-0.2, -0.15) is 0 Å². The Morgan fingerprint density at radius 2 is 1.79 bits per heavy atom. The zero-order chi connectivity index (χ0) is 20.1. The molecule has 0 aliphatic carbocycles. The van der Waals surface area contributed by atoms with E-state index >= 15 is 0 Å². The molecule has 3 rings (SSSR count). The van der Waals surface area contributed by atoms with Crippen LogP contribution in [-0.2, 0) is 0 Å². The number of carbonyl (C=O) groups is 2. The van der Waals surface area contributed by atoms with Gasteiger partial charge < -0.3 is 10.6 Å². The van der Waals surface area contributed by atoms with Crippen molar-refractivity contribution in [3.63, 3.8) is 0 Å². The smallest absolute Gasteiger partial charge is 0.258 e. The summed E-state index contributed by atoms with van der Waals surface area (Å²) in [7, 11) is 1.57. The Bertz CT molecular complexity index is 1030. The average molecular weight is 391 g/mol. The molecule has 2 N–H and O–H groups in total. The molecule has 0 atom stereocenters. The fraction of sp³-hybridized carbons (Fsp3) is 0.136. The molecule has 1 heterocycles. The predicted molar refractivity (Wildman–Crippen MR) is 112 cm³/mol. The van der Waals surface area contributed by atoms with Crippen LogP contribution in [-0.4, -0.2) is 23.8 Å². The van der Waals surface area contributed by atoms with Crippen LogP contribution in [0.25, 0.3) is 0 Å². The van der Waals surface area contributed by atoms with Gasteiger partial charge in [-0.25, -0.2) is 4.98 Å². The van der Waals surface area contributed by atoms with Crippen LogP contribution in [0.1, 0.15) is 31.8 Å². The highest BCUT2D eigenvalue weighted by atomic mass is 32.2. The number of hydrogen-bond acceptors (Lipinski definition) is 4. The van der Waals surface area contributed by atoms with E-state index in [1.165, 1.54) is 17.3 Å². The summed E-state index contributed by atoms with van der Waals surface area (Å²) in [6.45, 7) is 4.09. The second-order valence-corrected chi connectivity index (χ2v) is 7.37. The zero-order valence-corrected chi connectivity index (χ0v) is 16.8. The summed E-state index contributed by atoms with van der Waals surface area (Å²) in [5.74, 6) is -0.474. The minimum atomic E-state index is -0.269. The van der Waals surface area contributed by atoms with Crippen LogP contribution in [0.5, 0.6) is 0 Å². The van der Waals surface area contributed by atoms with Crippen molar-refractivity contribution in [3.05, 3.63) is 83.0 Å². The van der Waals surface area contributed by atoms with Crippen LogP contribution in [0.4, 0.5) is 5.69 Å². The summed E-state index contributed by atoms with van der Waals surface area (Å²) >= 11 is 1.46. The van der Waals surface area contributed by atoms with Crippen LogP contribution in [0, 0.1) is 13.8 Å². The van der Waals surface area contributed by atoms with Gasteiger partial charge in [0.15, 0.2) is 0 Å². The molecule has 0 bridgehead atoms. The number of rotatable bonds is 5. The molecular weight excluding hydrogens is 370 g/mol. The van der Waals surface area contributed by atoms with Gasteiger partial charge in [-0.15, -0.1) is 0 Å². The van der Waals surface area contributed by atoms with E-state index in [1.54, 1.807) is 49.6 Å². The number of hydrogen-bond donors (Lipinski definition) is 2. The van der Waals surface area contributed by atoms with Crippen LogP contribution in [0.2, 0.25) is 0 Å². The van der Waals surface area contributed by atoms with Crippen molar-refractivity contribution in [1.82, 2.24) is 10.3 Å². The van der Waals surface area contributed by atoms with Gasteiger partial charge in [-0.1, -0.05) is 35.5 Å². The highest BCUT2D eigenvalue weighted by molar-refractivity contribution is 7.99. The lowest BCUT2D eigenvalue weighted by Gasteiger charge is -2.11. The van der Waals surface area contributed by atoms with E-state index in [-0.39, 0.29) is 11.8 Å². The van der Waals surface area contributed by atoms with E-state index in [9.17, 15) is 9.59 Å². The third kappa shape index (κ3) is 4.58.